The molecule has 0 aliphatic carbocycles. The van der Waals surface area contributed by atoms with Gasteiger partial charge in [0.2, 0.25) is 6.29 Å². The second-order valence-electron chi connectivity index (χ2n) is 8.22. The Morgan fingerprint density at radius 2 is 1.61 bits per heavy atom. The van der Waals surface area contributed by atoms with E-state index in [2.05, 4.69) is 0 Å². The van der Waals surface area contributed by atoms with E-state index in [0.29, 0.717) is 5.75 Å². The van der Waals surface area contributed by atoms with Crippen molar-refractivity contribution < 1.29 is 44.2 Å². The molecular formula is C22H34O9. The molecule has 31 heavy (non-hydrogen) atoms. The van der Waals surface area contributed by atoms with Crippen molar-refractivity contribution in [3.63, 3.8) is 0 Å². The predicted octanol–water partition coefficient (Wildman–Crippen LogP) is 2.00. The summed E-state index contributed by atoms with van der Waals surface area (Å²) in [5.74, 6) is 0.683. The predicted molar refractivity (Wildman–Crippen MR) is 111 cm³/mol. The number of ether oxygens (including phenoxy) is 4. The Hall–Kier alpha value is -1.75. The van der Waals surface area contributed by atoms with Crippen LogP contribution in [0, 0.1) is 0 Å². The topological polar surface area (TPSA) is 135 Å². The molecule has 2 rings (SSSR count). The van der Waals surface area contributed by atoms with E-state index in [1.54, 1.807) is 6.92 Å². The summed E-state index contributed by atoms with van der Waals surface area (Å²) in [6, 6.07) is 5.70. The summed E-state index contributed by atoms with van der Waals surface area (Å²) < 4.78 is 21.6. The van der Waals surface area contributed by atoms with Crippen LogP contribution in [0.3, 0.4) is 0 Å². The fourth-order valence-corrected chi connectivity index (χ4v) is 3.35. The van der Waals surface area contributed by atoms with Gasteiger partial charge in [0.05, 0.1) is 6.61 Å². The molecule has 1 aliphatic rings. The van der Waals surface area contributed by atoms with E-state index >= 15 is 0 Å². The van der Waals surface area contributed by atoms with E-state index < -0.39 is 49.8 Å². The Morgan fingerprint density at radius 1 is 1.03 bits per heavy atom. The van der Waals surface area contributed by atoms with E-state index in [9.17, 15) is 25.2 Å². The standard InChI is InChI=1S/C22H34O9/c1-6-16(29-21-19(26)18(25)17(24)15(10-23)28-21)30-22(27)31-20-13(11(2)3)8-7-9-14(20)12(4)5/h7-9,11-12,15-19,21,23-26H,6,10H2,1-5H3/t15-,16?,17-,18+,19-,21?/m1/s1. The van der Waals surface area contributed by atoms with Gasteiger partial charge < -0.3 is 39.4 Å². The zero-order chi connectivity index (χ0) is 23.3. The lowest BCUT2D eigenvalue weighted by Gasteiger charge is -2.40. The number of aliphatic hydroxyl groups excluding tert-OH is 4. The molecule has 2 unspecified atom stereocenters. The van der Waals surface area contributed by atoms with E-state index in [-0.39, 0.29) is 18.3 Å². The summed E-state index contributed by atoms with van der Waals surface area (Å²) in [5, 5.41) is 39.2. The summed E-state index contributed by atoms with van der Waals surface area (Å²) in [4.78, 5) is 12.5. The number of hydrogen-bond acceptors (Lipinski definition) is 9. The second-order valence-corrected chi connectivity index (χ2v) is 8.22. The van der Waals surface area contributed by atoms with Gasteiger partial charge in [0.1, 0.15) is 30.2 Å². The normalized spacial score (nSPS) is 27.4. The van der Waals surface area contributed by atoms with Crippen LogP contribution >= 0.6 is 0 Å². The van der Waals surface area contributed by atoms with Gasteiger partial charge in [-0.3, -0.25) is 0 Å². The van der Waals surface area contributed by atoms with Crippen molar-refractivity contribution in [3.05, 3.63) is 29.3 Å². The third-order valence-corrected chi connectivity index (χ3v) is 5.20. The molecule has 0 spiro atoms. The van der Waals surface area contributed by atoms with Crippen LogP contribution in [0.1, 0.15) is 64.0 Å². The first-order valence-electron chi connectivity index (χ1n) is 10.6. The quantitative estimate of drug-likeness (QED) is 0.271. The molecule has 0 saturated carbocycles. The van der Waals surface area contributed by atoms with Crippen LogP contribution in [0.25, 0.3) is 0 Å². The summed E-state index contributed by atoms with van der Waals surface area (Å²) in [6.45, 7) is 9.07. The zero-order valence-corrected chi connectivity index (χ0v) is 18.6. The number of hydrogen-bond donors (Lipinski definition) is 4. The Balaban J connectivity index is 2.11. The highest BCUT2D eigenvalue weighted by atomic mass is 16.8. The van der Waals surface area contributed by atoms with Crippen molar-refractivity contribution in [2.75, 3.05) is 6.61 Å². The molecule has 1 aliphatic heterocycles. The highest BCUT2D eigenvalue weighted by molar-refractivity contribution is 5.66. The molecule has 1 aromatic rings. The van der Waals surface area contributed by atoms with E-state index in [1.165, 1.54) is 0 Å². The summed E-state index contributed by atoms with van der Waals surface area (Å²) in [7, 11) is 0. The van der Waals surface area contributed by atoms with Gasteiger partial charge in [-0.25, -0.2) is 4.79 Å². The average Bonchev–Trinajstić information content (AvgIpc) is 2.73. The summed E-state index contributed by atoms with van der Waals surface area (Å²) >= 11 is 0. The fourth-order valence-electron chi connectivity index (χ4n) is 3.35. The Kier molecular flexibility index (Phi) is 9.23. The largest absolute Gasteiger partial charge is 0.516 e. The van der Waals surface area contributed by atoms with Crippen LogP contribution in [0.5, 0.6) is 5.75 Å². The first-order chi connectivity index (χ1) is 14.6. The summed E-state index contributed by atoms with van der Waals surface area (Å²) in [6.07, 6.45) is -9.16. The van der Waals surface area contributed by atoms with Crippen LogP contribution in [0.2, 0.25) is 0 Å². The number of aliphatic hydroxyl groups is 4. The Morgan fingerprint density at radius 3 is 2.10 bits per heavy atom. The van der Waals surface area contributed by atoms with Gasteiger partial charge in [-0.05, 0) is 23.0 Å². The van der Waals surface area contributed by atoms with E-state index in [0.717, 1.165) is 11.1 Å². The maximum absolute atomic E-state index is 12.5. The number of rotatable bonds is 8. The van der Waals surface area contributed by atoms with Gasteiger partial charge in [0.25, 0.3) is 0 Å². The van der Waals surface area contributed by atoms with Crippen molar-refractivity contribution in [2.24, 2.45) is 0 Å². The molecule has 0 aromatic heterocycles. The Bertz CT molecular complexity index is 693. The van der Waals surface area contributed by atoms with Gasteiger partial charge in [-0.15, -0.1) is 0 Å². The van der Waals surface area contributed by atoms with Crippen LogP contribution in [-0.4, -0.2) is 70.2 Å². The molecule has 0 radical (unpaired) electrons. The van der Waals surface area contributed by atoms with Gasteiger partial charge in [0.15, 0.2) is 6.29 Å². The monoisotopic (exact) mass is 442 g/mol. The Labute approximate surface area is 182 Å². The third kappa shape index (κ3) is 6.15. The molecule has 1 aromatic carbocycles. The number of benzene rings is 1. The molecular weight excluding hydrogens is 408 g/mol. The molecule has 4 N–H and O–H groups in total. The second kappa shape index (κ2) is 11.2. The minimum atomic E-state index is -1.60. The van der Waals surface area contributed by atoms with Gasteiger partial charge in [-0.2, -0.15) is 0 Å². The number of carbonyl (C=O) groups is 1. The highest BCUT2D eigenvalue weighted by Gasteiger charge is 2.45. The van der Waals surface area contributed by atoms with Gasteiger partial charge >= 0.3 is 6.16 Å². The van der Waals surface area contributed by atoms with Crippen LogP contribution < -0.4 is 4.74 Å². The van der Waals surface area contributed by atoms with Crippen LogP contribution in [0.4, 0.5) is 4.79 Å². The maximum Gasteiger partial charge on any atom is 0.516 e. The minimum Gasteiger partial charge on any atom is -0.404 e. The third-order valence-electron chi connectivity index (χ3n) is 5.20. The molecule has 6 atom stereocenters. The lowest BCUT2D eigenvalue weighted by molar-refractivity contribution is -0.331. The zero-order valence-electron chi connectivity index (χ0n) is 18.6. The fraction of sp³-hybridized carbons (Fsp3) is 0.682. The highest BCUT2D eigenvalue weighted by Crippen LogP contribution is 2.35. The molecule has 1 saturated heterocycles. The smallest absolute Gasteiger partial charge is 0.404 e. The van der Waals surface area contributed by atoms with E-state index in [4.69, 9.17) is 18.9 Å². The molecule has 9 heteroatoms. The minimum absolute atomic E-state index is 0.119. The summed E-state index contributed by atoms with van der Waals surface area (Å²) in [5.41, 5.74) is 1.73. The van der Waals surface area contributed by atoms with Crippen molar-refractivity contribution in [1.82, 2.24) is 0 Å². The van der Waals surface area contributed by atoms with Crippen molar-refractivity contribution in [1.29, 1.82) is 0 Å². The van der Waals surface area contributed by atoms with Crippen LogP contribution in [0.15, 0.2) is 18.2 Å². The van der Waals surface area contributed by atoms with Gasteiger partial charge in [-0.1, -0.05) is 52.8 Å². The maximum atomic E-state index is 12.5. The lowest BCUT2D eigenvalue weighted by Crippen LogP contribution is -2.59. The van der Waals surface area contributed by atoms with Crippen LogP contribution in [-0.2, 0) is 14.2 Å². The molecule has 176 valence electrons. The average molecular weight is 443 g/mol. The van der Waals surface area contributed by atoms with Crippen molar-refractivity contribution in [2.45, 2.75) is 89.9 Å². The SMILES string of the molecule is CCC(OC(=O)Oc1c(C(C)C)cccc1C(C)C)OC1O[C@H](CO)[C@@H](O)[C@H](O)[C@H]1O. The molecule has 0 amide bonds. The van der Waals surface area contributed by atoms with Crippen molar-refractivity contribution >= 4 is 6.16 Å². The first-order valence-corrected chi connectivity index (χ1v) is 10.6. The van der Waals surface area contributed by atoms with Crippen molar-refractivity contribution in [3.8, 4) is 5.75 Å². The number of carbonyl (C=O) groups excluding carboxylic acids is 1. The molecule has 0 bridgehead atoms. The molecule has 1 heterocycles. The first kappa shape index (κ1) is 25.5. The van der Waals surface area contributed by atoms with E-state index in [1.807, 2.05) is 45.9 Å². The lowest BCUT2D eigenvalue weighted by atomic mass is 9.94. The number of para-hydroxylation sites is 1. The molecule has 1 fully saturated rings. The molecule has 9 nitrogen and oxygen atoms in total. The van der Waals surface area contributed by atoms with Gasteiger partial charge in [0, 0.05) is 6.42 Å².